The quantitative estimate of drug-likeness (QED) is 0.729. The number of rotatable bonds is 5. The molecule has 1 atom stereocenters. The summed E-state index contributed by atoms with van der Waals surface area (Å²) in [5.74, 6) is 0.874. The molecule has 2 saturated carbocycles. The molecule has 3 fully saturated rings. The zero-order chi connectivity index (χ0) is 17.3. The van der Waals surface area contributed by atoms with Gasteiger partial charge in [0.25, 0.3) is 0 Å². The van der Waals surface area contributed by atoms with Crippen LogP contribution in [-0.4, -0.2) is 62.3 Å². The second-order valence-electron chi connectivity index (χ2n) is 8.19. The van der Waals surface area contributed by atoms with E-state index in [9.17, 15) is 9.59 Å². The molecule has 1 heterocycles. The predicted octanol–water partition coefficient (Wildman–Crippen LogP) is -0.209. The van der Waals surface area contributed by atoms with Gasteiger partial charge in [-0.15, -0.1) is 0 Å². The highest BCUT2D eigenvalue weighted by Gasteiger charge is 2.55. The number of nitrogens with one attached hydrogen (secondary N) is 2. The van der Waals surface area contributed by atoms with Crippen LogP contribution >= 0.6 is 0 Å². The molecule has 1 spiro atoms. The number of likely N-dealkylation sites (N-methyl/N-ethyl adjacent to an activating group) is 1. The van der Waals surface area contributed by atoms with Crippen LogP contribution in [0.1, 0.15) is 45.4 Å². The average Bonchev–Trinajstić information content (AvgIpc) is 3.32. The molecule has 1 saturated heterocycles. The summed E-state index contributed by atoms with van der Waals surface area (Å²) in [6.45, 7) is 4.10. The van der Waals surface area contributed by atoms with E-state index in [-0.39, 0.29) is 17.7 Å². The molecule has 6 heteroatoms. The van der Waals surface area contributed by atoms with Crippen LogP contribution in [0, 0.1) is 11.8 Å². The molecule has 3 rings (SSSR count). The van der Waals surface area contributed by atoms with E-state index in [1.807, 2.05) is 4.90 Å². The van der Waals surface area contributed by atoms with Crippen molar-refractivity contribution in [1.29, 1.82) is 0 Å². The number of quaternary nitrogens is 1. The van der Waals surface area contributed by atoms with Crippen LogP contribution in [0.2, 0.25) is 0 Å². The molecular formula is C18H32N3O3+. The van der Waals surface area contributed by atoms with Crippen molar-refractivity contribution in [3.63, 3.8) is 0 Å². The van der Waals surface area contributed by atoms with Crippen LogP contribution in [0.4, 0.5) is 0 Å². The van der Waals surface area contributed by atoms with Crippen molar-refractivity contribution in [1.82, 2.24) is 10.2 Å². The summed E-state index contributed by atoms with van der Waals surface area (Å²) in [6.07, 6.45) is 5.76. The summed E-state index contributed by atoms with van der Waals surface area (Å²) in [6, 6.07) is -0.455. The summed E-state index contributed by atoms with van der Waals surface area (Å²) in [5, 5.41) is 3.00. The fourth-order valence-electron chi connectivity index (χ4n) is 3.89. The second-order valence-corrected chi connectivity index (χ2v) is 8.19. The number of ether oxygens (including phenoxy) is 1. The molecule has 2 N–H and O–H groups in total. The van der Waals surface area contributed by atoms with E-state index < -0.39 is 11.8 Å². The maximum absolute atomic E-state index is 12.9. The molecule has 0 aromatic rings. The van der Waals surface area contributed by atoms with Crippen molar-refractivity contribution in [2.45, 2.75) is 57.2 Å². The van der Waals surface area contributed by atoms with Crippen LogP contribution in [-0.2, 0) is 14.3 Å². The lowest BCUT2D eigenvalue weighted by atomic mass is 9.83. The number of amides is 2. The van der Waals surface area contributed by atoms with E-state index in [1.54, 1.807) is 0 Å². The molecule has 1 aliphatic heterocycles. The third-order valence-corrected chi connectivity index (χ3v) is 5.71. The Bertz CT molecular complexity index is 482. The van der Waals surface area contributed by atoms with Gasteiger partial charge in [0.05, 0.1) is 33.8 Å². The molecule has 2 amide bonds. The third-order valence-electron chi connectivity index (χ3n) is 5.71. The van der Waals surface area contributed by atoms with Crippen LogP contribution in [0.5, 0.6) is 0 Å². The van der Waals surface area contributed by atoms with Gasteiger partial charge in [-0.1, -0.05) is 6.92 Å². The number of carbonyl (C=O) groups excluding carboxylic acids is 2. The SMILES string of the molecule is CC1CCC2(CC1)OC[C@H](C(=O)NCC[NH+](C)C)N2C(=O)C1CC1. The normalized spacial score (nSPS) is 33.2. The molecule has 24 heavy (non-hydrogen) atoms. The second kappa shape index (κ2) is 7.00. The van der Waals surface area contributed by atoms with Gasteiger partial charge in [0, 0.05) is 5.92 Å². The molecule has 2 aliphatic carbocycles. The maximum atomic E-state index is 12.9. The Morgan fingerprint density at radius 2 is 1.88 bits per heavy atom. The highest BCUT2D eigenvalue weighted by atomic mass is 16.5. The van der Waals surface area contributed by atoms with E-state index in [0.717, 1.165) is 45.1 Å². The Kier molecular flexibility index (Phi) is 5.16. The lowest BCUT2D eigenvalue weighted by Crippen LogP contribution is -3.06. The Labute approximate surface area is 144 Å². The molecule has 0 aromatic carbocycles. The summed E-state index contributed by atoms with van der Waals surface area (Å²) < 4.78 is 6.14. The minimum Gasteiger partial charge on any atom is -0.353 e. The minimum absolute atomic E-state index is 0.0549. The summed E-state index contributed by atoms with van der Waals surface area (Å²) in [5.41, 5.74) is -0.527. The summed E-state index contributed by atoms with van der Waals surface area (Å²) in [7, 11) is 4.12. The Hall–Kier alpha value is -1.14. The van der Waals surface area contributed by atoms with Crippen LogP contribution in [0.15, 0.2) is 0 Å². The lowest BCUT2D eigenvalue weighted by Gasteiger charge is -2.43. The van der Waals surface area contributed by atoms with Crippen molar-refractivity contribution in [3.8, 4) is 0 Å². The van der Waals surface area contributed by atoms with Crippen molar-refractivity contribution in [3.05, 3.63) is 0 Å². The molecule has 3 aliphatic rings. The molecular weight excluding hydrogens is 306 g/mol. The predicted molar refractivity (Wildman–Crippen MR) is 90.4 cm³/mol. The number of hydrogen-bond acceptors (Lipinski definition) is 3. The largest absolute Gasteiger partial charge is 0.353 e. The minimum atomic E-state index is -0.527. The van der Waals surface area contributed by atoms with Crippen LogP contribution < -0.4 is 10.2 Å². The van der Waals surface area contributed by atoms with Crippen LogP contribution in [0.3, 0.4) is 0 Å². The highest BCUT2D eigenvalue weighted by Crippen LogP contribution is 2.45. The Balaban J connectivity index is 1.71. The topological polar surface area (TPSA) is 63.1 Å². The number of carbonyl (C=O) groups is 2. The molecule has 136 valence electrons. The van der Waals surface area contributed by atoms with Gasteiger partial charge in [0.15, 0.2) is 0 Å². The van der Waals surface area contributed by atoms with Crippen molar-refractivity contribution in [2.24, 2.45) is 11.8 Å². The molecule has 0 unspecified atom stereocenters. The van der Waals surface area contributed by atoms with Gasteiger partial charge in [-0.3, -0.25) is 14.5 Å². The molecule has 0 bridgehead atoms. The van der Waals surface area contributed by atoms with Crippen molar-refractivity contribution >= 4 is 11.8 Å². The molecule has 6 nitrogen and oxygen atoms in total. The van der Waals surface area contributed by atoms with Gasteiger partial charge in [-0.2, -0.15) is 0 Å². The van der Waals surface area contributed by atoms with E-state index in [4.69, 9.17) is 4.74 Å². The van der Waals surface area contributed by atoms with Crippen LogP contribution in [0.25, 0.3) is 0 Å². The maximum Gasteiger partial charge on any atom is 0.245 e. The zero-order valence-electron chi connectivity index (χ0n) is 15.3. The third kappa shape index (κ3) is 3.59. The fourth-order valence-corrected chi connectivity index (χ4v) is 3.89. The van der Waals surface area contributed by atoms with Crippen molar-refractivity contribution < 1.29 is 19.2 Å². The fraction of sp³-hybridized carbons (Fsp3) is 0.889. The van der Waals surface area contributed by atoms with E-state index in [1.165, 1.54) is 4.90 Å². The molecule has 0 aromatic heterocycles. The van der Waals surface area contributed by atoms with E-state index >= 15 is 0 Å². The number of nitrogens with zero attached hydrogens (tertiary/aromatic N) is 1. The Morgan fingerprint density at radius 1 is 1.21 bits per heavy atom. The van der Waals surface area contributed by atoms with E-state index in [2.05, 4.69) is 26.3 Å². The first-order chi connectivity index (χ1) is 11.4. The van der Waals surface area contributed by atoms with Gasteiger partial charge in [0.1, 0.15) is 11.8 Å². The van der Waals surface area contributed by atoms with Crippen molar-refractivity contribution in [2.75, 3.05) is 33.8 Å². The Morgan fingerprint density at radius 3 is 2.46 bits per heavy atom. The van der Waals surface area contributed by atoms with Gasteiger partial charge < -0.3 is 15.0 Å². The highest BCUT2D eigenvalue weighted by molar-refractivity contribution is 5.90. The molecule has 0 radical (unpaired) electrons. The lowest BCUT2D eigenvalue weighted by molar-refractivity contribution is -0.856. The summed E-state index contributed by atoms with van der Waals surface area (Å²) in [4.78, 5) is 28.7. The zero-order valence-corrected chi connectivity index (χ0v) is 15.3. The first-order valence-electron chi connectivity index (χ1n) is 9.47. The average molecular weight is 338 g/mol. The van der Waals surface area contributed by atoms with Gasteiger partial charge in [-0.05, 0) is 44.4 Å². The van der Waals surface area contributed by atoms with Gasteiger partial charge >= 0.3 is 0 Å². The first kappa shape index (κ1) is 17.7. The standard InChI is InChI=1S/C18H31N3O3/c1-13-6-8-18(9-7-13)21(17(23)14-4-5-14)15(12-24-18)16(22)19-10-11-20(2)3/h13-15H,4-12H2,1-3H3,(H,19,22)/p+1/t13?,15-,18?/m1/s1. The smallest absolute Gasteiger partial charge is 0.245 e. The van der Waals surface area contributed by atoms with E-state index in [0.29, 0.717) is 19.1 Å². The van der Waals surface area contributed by atoms with Gasteiger partial charge in [-0.25, -0.2) is 0 Å². The van der Waals surface area contributed by atoms with Gasteiger partial charge in [0.2, 0.25) is 11.8 Å². The monoisotopic (exact) mass is 338 g/mol. The first-order valence-corrected chi connectivity index (χ1v) is 9.47. The number of hydrogen-bond donors (Lipinski definition) is 2. The summed E-state index contributed by atoms with van der Waals surface area (Å²) >= 11 is 0.